The minimum absolute atomic E-state index is 0.0376. The van der Waals surface area contributed by atoms with Gasteiger partial charge in [0.05, 0.1) is 17.7 Å². The Balaban J connectivity index is 1.81. The maximum Gasteiger partial charge on any atom is 0.275 e. The molecule has 4 heteroatoms. The van der Waals surface area contributed by atoms with Crippen LogP contribution < -0.4 is 5.56 Å². The lowest BCUT2D eigenvalue weighted by Gasteiger charge is -2.18. The molecule has 1 aromatic heterocycles. The van der Waals surface area contributed by atoms with Gasteiger partial charge >= 0.3 is 0 Å². The van der Waals surface area contributed by atoms with Gasteiger partial charge in [0.2, 0.25) is 0 Å². The maximum absolute atomic E-state index is 12.6. The van der Waals surface area contributed by atoms with Crippen molar-refractivity contribution in [1.29, 1.82) is 0 Å². The first-order valence-electron chi connectivity index (χ1n) is 8.31. The molecule has 2 aromatic carbocycles. The van der Waals surface area contributed by atoms with E-state index in [-0.39, 0.29) is 5.56 Å². The molecule has 0 saturated carbocycles. The molecule has 1 heterocycles. The van der Waals surface area contributed by atoms with Crippen molar-refractivity contribution in [3.63, 3.8) is 0 Å². The highest BCUT2D eigenvalue weighted by atomic mass is 16.1. The number of rotatable bonds is 5. The molecule has 4 nitrogen and oxygen atoms in total. The number of aryl methyl sites for hydroxylation is 2. The molecule has 0 amide bonds. The molecule has 0 saturated heterocycles. The van der Waals surface area contributed by atoms with Gasteiger partial charge in [-0.15, -0.1) is 0 Å². The number of hydrogen-bond acceptors (Lipinski definition) is 3. The van der Waals surface area contributed by atoms with E-state index in [0.29, 0.717) is 6.67 Å². The normalized spacial score (nSPS) is 11.3. The first-order chi connectivity index (χ1) is 11.6. The van der Waals surface area contributed by atoms with E-state index in [1.54, 1.807) is 4.68 Å². The van der Waals surface area contributed by atoms with Gasteiger partial charge in [0.1, 0.15) is 0 Å². The molecular formula is C20H23N3O. The highest BCUT2D eigenvalue weighted by Crippen LogP contribution is 2.12. The molecule has 0 aliphatic heterocycles. The summed E-state index contributed by atoms with van der Waals surface area (Å²) in [6.07, 6.45) is 1.05. The highest BCUT2D eigenvalue weighted by molar-refractivity contribution is 5.83. The molecule has 124 valence electrons. The van der Waals surface area contributed by atoms with Gasteiger partial charge in [-0.3, -0.25) is 9.69 Å². The molecule has 0 spiro atoms. The van der Waals surface area contributed by atoms with Gasteiger partial charge in [-0.05, 0) is 37.6 Å². The van der Waals surface area contributed by atoms with Gasteiger partial charge < -0.3 is 0 Å². The minimum atomic E-state index is -0.0376. The Morgan fingerprint density at radius 1 is 1.00 bits per heavy atom. The van der Waals surface area contributed by atoms with Crippen LogP contribution in [-0.4, -0.2) is 21.7 Å². The number of fused-ring (bicyclic) bond motifs is 1. The van der Waals surface area contributed by atoms with Crippen molar-refractivity contribution in [2.24, 2.45) is 0 Å². The summed E-state index contributed by atoms with van der Waals surface area (Å²) in [7, 11) is 2.01. The first-order valence-corrected chi connectivity index (χ1v) is 8.31. The van der Waals surface area contributed by atoms with Gasteiger partial charge in [-0.1, -0.05) is 49.4 Å². The van der Waals surface area contributed by atoms with Gasteiger partial charge in [0, 0.05) is 11.9 Å². The van der Waals surface area contributed by atoms with Crippen LogP contribution in [0.25, 0.3) is 10.8 Å². The Morgan fingerprint density at radius 3 is 2.29 bits per heavy atom. The van der Waals surface area contributed by atoms with Crippen molar-refractivity contribution in [2.45, 2.75) is 33.5 Å². The van der Waals surface area contributed by atoms with Gasteiger partial charge in [0.15, 0.2) is 0 Å². The van der Waals surface area contributed by atoms with Crippen molar-refractivity contribution < 1.29 is 0 Å². The van der Waals surface area contributed by atoms with Crippen LogP contribution in [0.2, 0.25) is 0 Å². The van der Waals surface area contributed by atoms with Crippen LogP contribution in [0.1, 0.15) is 23.7 Å². The predicted octanol–water partition coefficient (Wildman–Crippen LogP) is 3.36. The lowest BCUT2D eigenvalue weighted by atomic mass is 10.1. The van der Waals surface area contributed by atoms with Crippen molar-refractivity contribution >= 4 is 10.8 Å². The summed E-state index contributed by atoms with van der Waals surface area (Å²) < 4.78 is 1.55. The van der Waals surface area contributed by atoms with E-state index in [1.165, 1.54) is 11.1 Å². The van der Waals surface area contributed by atoms with Gasteiger partial charge in [-0.2, -0.15) is 5.10 Å². The Morgan fingerprint density at radius 2 is 1.62 bits per heavy atom. The number of nitrogens with zero attached hydrogens (tertiary/aromatic N) is 3. The minimum Gasteiger partial charge on any atom is -0.283 e. The van der Waals surface area contributed by atoms with E-state index < -0.39 is 0 Å². The smallest absolute Gasteiger partial charge is 0.275 e. The zero-order chi connectivity index (χ0) is 17.1. The third-order valence-electron chi connectivity index (χ3n) is 4.31. The fraction of sp³-hybridized carbons (Fsp3) is 0.300. The lowest BCUT2D eigenvalue weighted by Crippen LogP contribution is -2.32. The van der Waals surface area contributed by atoms with Crippen molar-refractivity contribution in [1.82, 2.24) is 14.7 Å². The van der Waals surface area contributed by atoms with Crippen LogP contribution in [0.5, 0.6) is 0 Å². The van der Waals surface area contributed by atoms with Crippen molar-refractivity contribution in [3.05, 3.63) is 75.7 Å². The zero-order valence-corrected chi connectivity index (χ0v) is 14.5. The molecule has 0 aliphatic carbocycles. The molecule has 0 aliphatic rings. The van der Waals surface area contributed by atoms with E-state index in [4.69, 9.17) is 0 Å². The molecule has 24 heavy (non-hydrogen) atoms. The summed E-state index contributed by atoms with van der Waals surface area (Å²) in [5.74, 6) is 0. The van der Waals surface area contributed by atoms with Crippen LogP contribution in [0.15, 0.2) is 53.3 Å². The number of hydrogen-bond donors (Lipinski definition) is 0. The predicted molar refractivity (Wildman–Crippen MR) is 98.0 cm³/mol. The largest absolute Gasteiger partial charge is 0.283 e. The summed E-state index contributed by atoms with van der Waals surface area (Å²) >= 11 is 0. The topological polar surface area (TPSA) is 38.1 Å². The van der Waals surface area contributed by atoms with E-state index in [0.717, 1.165) is 29.4 Å². The maximum atomic E-state index is 12.6. The van der Waals surface area contributed by atoms with E-state index in [2.05, 4.69) is 41.2 Å². The standard InChI is InChI=1S/C20H23N3O/c1-4-16-9-11-17(12-10-16)13-22(3)14-23-20(24)19-8-6-5-7-18(19)15(2)21-23/h5-12H,4,13-14H2,1-3H3. The summed E-state index contributed by atoms with van der Waals surface area (Å²) in [5.41, 5.74) is 3.42. The molecule has 0 unspecified atom stereocenters. The summed E-state index contributed by atoms with van der Waals surface area (Å²) in [5, 5.41) is 6.13. The SMILES string of the molecule is CCc1ccc(CN(C)Cn2nc(C)c3ccccc3c2=O)cc1. The molecule has 0 atom stereocenters. The average Bonchev–Trinajstić information content (AvgIpc) is 2.60. The molecule has 0 fully saturated rings. The van der Waals surface area contributed by atoms with E-state index >= 15 is 0 Å². The zero-order valence-electron chi connectivity index (χ0n) is 14.5. The molecule has 3 aromatic rings. The van der Waals surface area contributed by atoms with E-state index in [1.807, 2.05) is 38.2 Å². The second kappa shape index (κ2) is 6.97. The summed E-state index contributed by atoms with van der Waals surface area (Å²) in [6.45, 7) is 5.35. The molecule has 0 bridgehead atoms. The fourth-order valence-electron chi connectivity index (χ4n) is 2.97. The van der Waals surface area contributed by atoms with Gasteiger partial charge in [-0.25, -0.2) is 4.68 Å². The average molecular weight is 321 g/mol. The molecular weight excluding hydrogens is 298 g/mol. The third-order valence-corrected chi connectivity index (χ3v) is 4.31. The lowest BCUT2D eigenvalue weighted by molar-refractivity contribution is 0.240. The van der Waals surface area contributed by atoms with Crippen LogP contribution in [0.3, 0.4) is 0 Å². The van der Waals surface area contributed by atoms with Crippen LogP contribution in [0.4, 0.5) is 0 Å². The second-order valence-corrected chi connectivity index (χ2v) is 6.26. The van der Waals surface area contributed by atoms with Crippen molar-refractivity contribution in [3.8, 4) is 0 Å². The Bertz CT molecular complexity index is 897. The fourth-order valence-corrected chi connectivity index (χ4v) is 2.97. The summed E-state index contributed by atoms with van der Waals surface area (Å²) in [6, 6.07) is 16.3. The second-order valence-electron chi connectivity index (χ2n) is 6.26. The monoisotopic (exact) mass is 321 g/mol. The van der Waals surface area contributed by atoms with Crippen LogP contribution in [-0.2, 0) is 19.6 Å². The third kappa shape index (κ3) is 3.39. The number of benzene rings is 2. The molecule has 0 N–H and O–H groups in total. The Hall–Kier alpha value is -2.46. The van der Waals surface area contributed by atoms with Crippen molar-refractivity contribution in [2.75, 3.05) is 7.05 Å². The van der Waals surface area contributed by atoms with Crippen LogP contribution in [0, 0.1) is 6.92 Å². The van der Waals surface area contributed by atoms with Gasteiger partial charge in [0.25, 0.3) is 5.56 Å². The Kier molecular flexibility index (Phi) is 4.76. The number of aromatic nitrogens is 2. The molecule has 3 rings (SSSR count). The Labute approximate surface area is 142 Å². The quantitative estimate of drug-likeness (QED) is 0.723. The molecule has 0 radical (unpaired) electrons. The van der Waals surface area contributed by atoms with E-state index in [9.17, 15) is 4.79 Å². The first kappa shape index (κ1) is 16.4. The summed E-state index contributed by atoms with van der Waals surface area (Å²) in [4.78, 5) is 14.7. The van der Waals surface area contributed by atoms with Crippen LogP contribution >= 0.6 is 0 Å². The highest BCUT2D eigenvalue weighted by Gasteiger charge is 2.09.